The van der Waals surface area contributed by atoms with Gasteiger partial charge in [-0.15, -0.1) is 0 Å². The molecule has 0 saturated heterocycles. The number of nitrogens with one attached hydrogen (secondary N) is 1. The molecule has 0 heterocycles. The highest BCUT2D eigenvalue weighted by Crippen LogP contribution is 2.19. The maximum absolute atomic E-state index is 12.2. The van der Waals surface area contributed by atoms with Gasteiger partial charge in [-0.2, -0.15) is 0 Å². The van der Waals surface area contributed by atoms with E-state index in [1.54, 1.807) is 0 Å². The van der Waals surface area contributed by atoms with Crippen LogP contribution in [0.3, 0.4) is 0 Å². The van der Waals surface area contributed by atoms with Crippen molar-refractivity contribution >= 4 is 29.5 Å². The van der Waals surface area contributed by atoms with Gasteiger partial charge < -0.3 is 19.5 Å². The van der Waals surface area contributed by atoms with Crippen LogP contribution in [0.2, 0.25) is 0 Å². The van der Waals surface area contributed by atoms with E-state index < -0.39 is 30.4 Å². The second-order valence-electron chi connectivity index (χ2n) is 6.51. The van der Waals surface area contributed by atoms with Crippen molar-refractivity contribution in [3.8, 4) is 0 Å². The van der Waals surface area contributed by atoms with Gasteiger partial charge in [-0.3, -0.25) is 9.59 Å². The summed E-state index contributed by atoms with van der Waals surface area (Å²) in [5, 5.41) is 2.49. The summed E-state index contributed by atoms with van der Waals surface area (Å²) < 4.78 is 14.3. The second-order valence-corrected chi connectivity index (χ2v) is 6.51. The highest BCUT2D eigenvalue weighted by atomic mass is 16.5. The van der Waals surface area contributed by atoms with Crippen molar-refractivity contribution < 1.29 is 33.4 Å². The molecule has 1 amide bonds. The summed E-state index contributed by atoms with van der Waals surface area (Å²) in [5.41, 5.74) is 1.28. The van der Waals surface area contributed by atoms with Crippen LogP contribution in [-0.2, 0) is 23.8 Å². The Labute approximate surface area is 174 Å². The molecular weight excluding hydrogens is 390 g/mol. The van der Waals surface area contributed by atoms with Gasteiger partial charge in [-0.25, -0.2) is 9.59 Å². The lowest BCUT2D eigenvalue weighted by atomic mass is 9.98. The molecule has 1 N–H and O–H groups in total. The Kier molecular flexibility index (Phi) is 8.10. The molecule has 0 aliphatic heterocycles. The number of methoxy groups -OCH3 is 2. The normalized spacial score (nSPS) is 11.2. The van der Waals surface area contributed by atoms with E-state index in [1.165, 1.54) is 32.4 Å². The van der Waals surface area contributed by atoms with Crippen molar-refractivity contribution in [2.75, 3.05) is 26.1 Å². The van der Waals surface area contributed by atoms with Gasteiger partial charge in [0.2, 0.25) is 0 Å². The Morgan fingerprint density at radius 3 is 2.00 bits per heavy atom. The maximum atomic E-state index is 12.2. The maximum Gasteiger partial charge on any atom is 0.337 e. The molecule has 0 aromatic heterocycles. The Balaban J connectivity index is 1.97. The fourth-order valence-electron chi connectivity index (χ4n) is 2.72. The Morgan fingerprint density at radius 2 is 1.47 bits per heavy atom. The van der Waals surface area contributed by atoms with Crippen LogP contribution in [0.25, 0.3) is 0 Å². The topological polar surface area (TPSA) is 108 Å². The highest BCUT2D eigenvalue weighted by Gasteiger charge is 2.17. The third-order valence-electron chi connectivity index (χ3n) is 4.26. The van der Waals surface area contributed by atoms with Gasteiger partial charge in [-0.1, -0.05) is 37.3 Å². The summed E-state index contributed by atoms with van der Waals surface area (Å²) in [6.07, 6.45) is 0.127. The van der Waals surface area contributed by atoms with Crippen LogP contribution < -0.4 is 5.32 Å². The van der Waals surface area contributed by atoms with E-state index in [0.717, 1.165) is 5.56 Å². The molecule has 2 aromatic carbocycles. The number of rotatable bonds is 8. The van der Waals surface area contributed by atoms with E-state index in [-0.39, 0.29) is 29.2 Å². The predicted octanol–water partition coefficient (Wildman–Crippen LogP) is 2.94. The highest BCUT2D eigenvalue weighted by molar-refractivity contribution is 6.00. The third-order valence-corrected chi connectivity index (χ3v) is 4.26. The summed E-state index contributed by atoms with van der Waals surface area (Å²) >= 11 is 0. The van der Waals surface area contributed by atoms with Crippen molar-refractivity contribution in [3.63, 3.8) is 0 Å². The van der Waals surface area contributed by atoms with Crippen molar-refractivity contribution in [1.29, 1.82) is 0 Å². The monoisotopic (exact) mass is 413 g/mol. The molecule has 30 heavy (non-hydrogen) atoms. The van der Waals surface area contributed by atoms with Crippen LogP contribution in [0.4, 0.5) is 5.69 Å². The SMILES string of the molecule is COC(=O)c1cc(NC(=O)COC(=O)C[C@H](C)c2ccccc2)cc(C(=O)OC)c1. The zero-order valence-corrected chi connectivity index (χ0v) is 17.0. The van der Waals surface area contributed by atoms with Gasteiger partial charge >= 0.3 is 17.9 Å². The summed E-state index contributed by atoms with van der Waals surface area (Å²) in [6.45, 7) is 1.39. The number of hydrogen-bond donors (Lipinski definition) is 1. The quantitative estimate of drug-likeness (QED) is 0.524. The minimum atomic E-state index is -0.683. The van der Waals surface area contributed by atoms with Crippen molar-refractivity contribution in [2.45, 2.75) is 19.3 Å². The molecule has 2 aromatic rings. The van der Waals surface area contributed by atoms with Crippen LogP contribution in [-0.4, -0.2) is 44.6 Å². The zero-order valence-electron chi connectivity index (χ0n) is 17.0. The summed E-state index contributed by atoms with van der Waals surface area (Å²) in [4.78, 5) is 47.8. The van der Waals surface area contributed by atoms with Gasteiger partial charge in [0.25, 0.3) is 5.91 Å². The molecule has 1 atom stereocenters. The van der Waals surface area contributed by atoms with Crippen LogP contribution in [0, 0.1) is 0 Å². The molecule has 0 saturated carbocycles. The number of carbonyl (C=O) groups excluding carboxylic acids is 4. The summed E-state index contributed by atoms with van der Waals surface area (Å²) in [7, 11) is 2.39. The molecule has 0 aliphatic rings. The van der Waals surface area contributed by atoms with Crippen LogP contribution >= 0.6 is 0 Å². The summed E-state index contributed by atoms with van der Waals surface area (Å²) in [6, 6.07) is 13.5. The van der Waals surface area contributed by atoms with Crippen molar-refractivity contribution in [1.82, 2.24) is 0 Å². The standard InChI is InChI=1S/C22H23NO7/c1-14(15-7-5-4-6-8-15)9-20(25)30-13-19(24)23-18-11-16(21(26)28-2)10-17(12-18)22(27)29-3/h4-8,10-12,14H,9,13H2,1-3H3,(H,23,24)/t14-/m0/s1. The Morgan fingerprint density at radius 1 is 0.900 bits per heavy atom. The smallest absolute Gasteiger partial charge is 0.337 e. The molecule has 0 aliphatic carbocycles. The third kappa shape index (κ3) is 6.44. The zero-order chi connectivity index (χ0) is 22.1. The lowest BCUT2D eigenvalue weighted by Crippen LogP contribution is -2.22. The first kappa shape index (κ1) is 22.6. The van der Waals surface area contributed by atoms with E-state index in [4.69, 9.17) is 4.74 Å². The van der Waals surface area contributed by atoms with Gasteiger partial charge in [0, 0.05) is 5.69 Å². The van der Waals surface area contributed by atoms with Crippen LogP contribution in [0.15, 0.2) is 48.5 Å². The molecule has 0 radical (unpaired) electrons. The molecule has 0 spiro atoms. The molecule has 0 unspecified atom stereocenters. The molecular formula is C22H23NO7. The van der Waals surface area contributed by atoms with E-state index >= 15 is 0 Å². The minimum absolute atomic E-state index is 0.0545. The van der Waals surface area contributed by atoms with Crippen molar-refractivity contribution in [3.05, 3.63) is 65.2 Å². The first-order chi connectivity index (χ1) is 14.3. The first-order valence-corrected chi connectivity index (χ1v) is 9.16. The average molecular weight is 413 g/mol. The number of ether oxygens (including phenoxy) is 3. The van der Waals surface area contributed by atoms with Gasteiger partial charge in [0.15, 0.2) is 6.61 Å². The van der Waals surface area contributed by atoms with E-state index in [2.05, 4.69) is 14.8 Å². The fourth-order valence-corrected chi connectivity index (χ4v) is 2.72. The molecule has 8 nitrogen and oxygen atoms in total. The number of benzene rings is 2. The number of carbonyl (C=O) groups is 4. The first-order valence-electron chi connectivity index (χ1n) is 9.16. The van der Waals surface area contributed by atoms with E-state index in [1.807, 2.05) is 37.3 Å². The average Bonchev–Trinajstić information content (AvgIpc) is 2.76. The minimum Gasteiger partial charge on any atom is -0.465 e. The fraction of sp³-hybridized carbons (Fsp3) is 0.273. The van der Waals surface area contributed by atoms with Gasteiger partial charge in [-0.05, 0) is 29.7 Å². The van der Waals surface area contributed by atoms with Crippen molar-refractivity contribution in [2.24, 2.45) is 0 Å². The molecule has 158 valence electrons. The Hall–Kier alpha value is -3.68. The lowest BCUT2D eigenvalue weighted by Gasteiger charge is -2.12. The molecule has 0 bridgehead atoms. The van der Waals surface area contributed by atoms with Gasteiger partial charge in [0.05, 0.1) is 31.8 Å². The molecule has 8 heteroatoms. The molecule has 0 fully saturated rings. The largest absolute Gasteiger partial charge is 0.465 e. The summed E-state index contributed by atoms with van der Waals surface area (Å²) in [5.74, 6) is -2.55. The number of hydrogen-bond acceptors (Lipinski definition) is 7. The predicted molar refractivity (Wildman–Crippen MR) is 108 cm³/mol. The Bertz CT molecular complexity index is 890. The van der Waals surface area contributed by atoms with Crippen LogP contribution in [0.5, 0.6) is 0 Å². The lowest BCUT2D eigenvalue weighted by molar-refractivity contribution is -0.147. The van der Waals surface area contributed by atoms with Crippen LogP contribution in [0.1, 0.15) is 45.5 Å². The number of esters is 3. The van der Waals surface area contributed by atoms with E-state index in [0.29, 0.717) is 0 Å². The number of amides is 1. The van der Waals surface area contributed by atoms with Gasteiger partial charge in [0.1, 0.15) is 0 Å². The second kappa shape index (κ2) is 10.8. The van der Waals surface area contributed by atoms with E-state index in [9.17, 15) is 19.2 Å². The number of anilines is 1. The molecule has 2 rings (SSSR count).